The zero-order valence-corrected chi connectivity index (χ0v) is 15.9. The molecule has 126 valence electrons. The van der Waals surface area contributed by atoms with E-state index in [1.807, 2.05) is 41.1 Å². The summed E-state index contributed by atoms with van der Waals surface area (Å²) in [5.41, 5.74) is 4.28. The van der Waals surface area contributed by atoms with Crippen LogP contribution in [0.5, 0.6) is 0 Å². The highest BCUT2D eigenvalue weighted by Gasteiger charge is 2.30. The van der Waals surface area contributed by atoms with Gasteiger partial charge >= 0.3 is 5.97 Å². The molecule has 0 radical (unpaired) electrons. The van der Waals surface area contributed by atoms with Gasteiger partial charge in [-0.3, -0.25) is 0 Å². The highest BCUT2D eigenvalue weighted by Crippen LogP contribution is 2.44. The number of nitrogens with zero attached hydrogens (tertiary/aromatic N) is 2. The van der Waals surface area contributed by atoms with Crippen molar-refractivity contribution in [3.8, 4) is 16.9 Å². The number of hydrogen-bond donors (Lipinski definition) is 0. The van der Waals surface area contributed by atoms with Crippen molar-refractivity contribution in [3.63, 3.8) is 0 Å². The third-order valence-electron chi connectivity index (χ3n) is 4.05. The van der Waals surface area contributed by atoms with E-state index in [4.69, 9.17) is 4.74 Å². The molecule has 1 aliphatic rings. The van der Waals surface area contributed by atoms with Crippen molar-refractivity contribution in [1.29, 1.82) is 0 Å². The molecule has 0 saturated heterocycles. The topological polar surface area (TPSA) is 44.1 Å². The molecule has 2 aromatic carbocycles. The Morgan fingerprint density at radius 3 is 2.80 bits per heavy atom. The predicted octanol–water partition coefficient (Wildman–Crippen LogP) is 5.08. The standard InChI is InChI=1S/C19H15BrN2O2S/c1-2-24-19(23)17-13-11-25-16-10-6-3-7-12(16)18(13)22(21-17)15-9-5-4-8-14(15)20/h3-10H,2,11H2,1H3. The van der Waals surface area contributed by atoms with Crippen LogP contribution >= 0.6 is 27.7 Å². The van der Waals surface area contributed by atoms with E-state index in [0.717, 1.165) is 27.0 Å². The summed E-state index contributed by atoms with van der Waals surface area (Å²) in [5.74, 6) is 0.329. The van der Waals surface area contributed by atoms with Crippen LogP contribution in [0.1, 0.15) is 23.0 Å². The molecule has 0 amide bonds. The fourth-order valence-corrected chi connectivity index (χ4v) is 4.48. The van der Waals surface area contributed by atoms with Crippen LogP contribution in [-0.2, 0) is 10.5 Å². The average Bonchev–Trinajstić information content (AvgIpc) is 3.02. The number of aromatic nitrogens is 2. The van der Waals surface area contributed by atoms with Gasteiger partial charge in [0, 0.05) is 26.2 Å². The van der Waals surface area contributed by atoms with Gasteiger partial charge in [0.1, 0.15) is 0 Å². The van der Waals surface area contributed by atoms with Crippen molar-refractivity contribution in [1.82, 2.24) is 9.78 Å². The first-order valence-corrected chi connectivity index (χ1v) is 9.74. The minimum absolute atomic E-state index is 0.333. The molecule has 0 fully saturated rings. The molecule has 4 rings (SSSR count). The highest BCUT2D eigenvalue weighted by molar-refractivity contribution is 9.10. The van der Waals surface area contributed by atoms with Gasteiger partial charge in [-0.1, -0.05) is 30.3 Å². The first-order valence-electron chi connectivity index (χ1n) is 7.96. The molecule has 1 aromatic heterocycles. The molecule has 0 bridgehead atoms. The van der Waals surface area contributed by atoms with Crippen LogP contribution < -0.4 is 0 Å². The lowest BCUT2D eigenvalue weighted by Crippen LogP contribution is -2.08. The third kappa shape index (κ3) is 2.79. The van der Waals surface area contributed by atoms with E-state index in [0.29, 0.717) is 18.1 Å². The van der Waals surface area contributed by atoms with Crippen LogP contribution in [0.2, 0.25) is 0 Å². The van der Waals surface area contributed by atoms with E-state index in [9.17, 15) is 4.79 Å². The number of carbonyl (C=O) groups is 1. The van der Waals surface area contributed by atoms with Gasteiger partial charge in [-0.25, -0.2) is 9.48 Å². The second kappa shape index (κ2) is 6.69. The molecule has 0 atom stereocenters. The predicted molar refractivity (Wildman–Crippen MR) is 102 cm³/mol. The fourth-order valence-electron chi connectivity index (χ4n) is 2.96. The number of esters is 1. The van der Waals surface area contributed by atoms with Crippen molar-refractivity contribution < 1.29 is 9.53 Å². The number of halogens is 1. The summed E-state index contributed by atoms with van der Waals surface area (Å²) in [7, 11) is 0. The Morgan fingerprint density at radius 1 is 1.24 bits per heavy atom. The summed E-state index contributed by atoms with van der Waals surface area (Å²) in [4.78, 5) is 13.6. The number of carbonyl (C=O) groups excluding carboxylic acids is 1. The summed E-state index contributed by atoms with van der Waals surface area (Å²) < 4.78 is 8.00. The maximum absolute atomic E-state index is 12.4. The third-order valence-corrected chi connectivity index (χ3v) is 5.82. The van der Waals surface area contributed by atoms with Crippen LogP contribution in [-0.4, -0.2) is 22.4 Å². The molecule has 0 unspecified atom stereocenters. The van der Waals surface area contributed by atoms with Gasteiger partial charge in [0.2, 0.25) is 0 Å². The van der Waals surface area contributed by atoms with Gasteiger partial charge in [-0.2, -0.15) is 5.10 Å². The minimum Gasteiger partial charge on any atom is -0.461 e. The number of ether oxygens (including phenoxy) is 1. The normalized spacial score (nSPS) is 12.4. The molecule has 0 N–H and O–H groups in total. The number of fused-ring (bicyclic) bond motifs is 3. The summed E-state index contributed by atoms with van der Waals surface area (Å²) in [5, 5.41) is 4.64. The summed E-state index contributed by atoms with van der Waals surface area (Å²) in [6.45, 7) is 2.14. The second-order valence-electron chi connectivity index (χ2n) is 5.54. The van der Waals surface area contributed by atoms with E-state index < -0.39 is 0 Å². The molecule has 25 heavy (non-hydrogen) atoms. The zero-order valence-electron chi connectivity index (χ0n) is 13.5. The van der Waals surface area contributed by atoms with Crippen LogP contribution in [0.25, 0.3) is 16.9 Å². The maximum atomic E-state index is 12.4. The fraction of sp³-hybridized carbons (Fsp3) is 0.158. The number of thioether (sulfide) groups is 1. The van der Waals surface area contributed by atoms with E-state index in [1.165, 1.54) is 4.90 Å². The Morgan fingerprint density at radius 2 is 2.00 bits per heavy atom. The van der Waals surface area contributed by atoms with Crippen molar-refractivity contribution in [2.24, 2.45) is 0 Å². The monoisotopic (exact) mass is 414 g/mol. The molecule has 0 saturated carbocycles. The smallest absolute Gasteiger partial charge is 0.359 e. The second-order valence-corrected chi connectivity index (χ2v) is 7.42. The molecule has 1 aliphatic heterocycles. The Hall–Kier alpha value is -2.05. The molecular weight excluding hydrogens is 400 g/mol. The first-order chi connectivity index (χ1) is 12.2. The van der Waals surface area contributed by atoms with Crippen molar-refractivity contribution in [2.75, 3.05) is 6.61 Å². The Balaban J connectivity index is 2.00. The lowest BCUT2D eigenvalue weighted by atomic mass is 10.1. The summed E-state index contributed by atoms with van der Waals surface area (Å²) in [6, 6.07) is 16.1. The van der Waals surface area contributed by atoms with Crippen LogP contribution in [0, 0.1) is 0 Å². The van der Waals surface area contributed by atoms with Crippen molar-refractivity contribution in [3.05, 3.63) is 64.3 Å². The number of rotatable bonds is 3. The molecule has 2 heterocycles. The molecule has 0 spiro atoms. The van der Waals surface area contributed by atoms with E-state index >= 15 is 0 Å². The number of para-hydroxylation sites is 1. The van der Waals surface area contributed by atoms with Crippen LogP contribution in [0.4, 0.5) is 0 Å². The molecule has 4 nitrogen and oxygen atoms in total. The molecule has 0 aliphatic carbocycles. The molecular formula is C19H15BrN2O2S. The highest BCUT2D eigenvalue weighted by atomic mass is 79.9. The lowest BCUT2D eigenvalue weighted by molar-refractivity contribution is 0.0518. The largest absolute Gasteiger partial charge is 0.461 e. The van der Waals surface area contributed by atoms with Crippen molar-refractivity contribution in [2.45, 2.75) is 17.6 Å². The molecule has 3 aromatic rings. The Kier molecular flexibility index (Phi) is 4.39. The molecule has 6 heteroatoms. The van der Waals surface area contributed by atoms with Gasteiger partial charge in [0.15, 0.2) is 5.69 Å². The minimum atomic E-state index is -0.371. The zero-order chi connectivity index (χ0) is 17.4. The SMILES string of the molecule is CCOC(=O)c1nn(-c2ccccc2Br)c2c1CSc1ccccc1-2. The number of benzene rings is 2. The van der Waals surface area contributed by atoms with Crippen LogP contribution in [0.15, 0.2) is 57.9 Å². The Bertz CT molecular complexity index is 968. The van der Waals surface area contributed by atoms with Gasteiger partial charge in [-0.15, -0.1) is 11.8 Å². The number of hydrogen-bond acceptors (Lipinski definition) is 4. The summed E-state index contributed by atoms with van der Waals surface area (Å²) >= 11 is 5.32. The quantitative estimate of drug-likeness (QED) is 0.560. The van der Waals surface area contributed by atoms with Gasteiger partial charge in [0.05, 0.1) is 18.0 Å². The van der Waals surface area contributed by atoms with E-state index in [1.54, 1.807) is 18.7 Å². The van der Waals surface area contributed by atoms with Gasteiger partial charge < -0.3 is 4.74 Å². The van der Waals surface area contributed by atoms with Crippen LogP contribution in [0.3, 0.4) is 0 Å². The van der Waals surface area contributed by atoms with E-state index in [-0.39, 0.29) is 5.97 Å². The Labute approximate surface area is 158 Å². The first kappa shape index (κ1) is 16.4. The van der Waals surface area contributed by atoms with Gasteiger partial charge in [-0.05, 0) is 41.1 Å². The average molecular weight is 415 g/mol. The van der Waals surface area contributed by atoms with E-state index in [2.05, 4.69) is 33.2 Å². The van der Waals surface area contributed by atoms with Gasteiger partial charge in [0.25, 0.3) is 0 Å². The summed E-state index contributed by atoms with van der Waals surface area (Å²) in [6.07, 6.45) is 0. The lowest BCUT2D eigenvalue weighted by Gasteiger charge is -2.18. The van der Waals surface area contributed by atoms with Crippen molar-refractivity contribution >= 4 is 33.7 Å². The maximum Gasteiger partial charge on any atom is 0.359 e.